The summed E-state index contributed by atoms with van der Waals surface area (Å²) in [7, 11) is 5.86. The van der Waals surface area contributed by atoms with Crippen LogP contribution in [0.15, 0.2) is 35.3 Å². The van der Waals surface area contributed by atoms with Gasteiger partial charge in [-0.2, -0.15) is 0 Å². The second-order valence-electron chi connectivity index (χ2n) is 5.03. The Labute approximate surface area is 128 Å². The van der Waals surface area contributed by atoms with E-state index in [9.17, 15) is 0 Å². The number of rotatable bonds is 8. The number of benzene rings is 1. The Kier molecular flexibility index (Phi) is 8.47. The molecule has 1 aromatic rings. The van der Waals surface area contributed by atoms with Gasteiger partial charge in [-0.05, 0) is 26.6 Å². The molecule has 0 amide bonds. The van der Waals surface area contributed by atoms with Gasteiger partial charge >= 0.3 is 0 Å². The molecule has 1 rings (SSSR count). The van der Waals surface area contributed by atoms with E-state index in [1.165, 1.54) is 5.56 Å². The lowest BCUT2D eigenvalue weighted by molar-refractivity contribution is 0.203. The summed E-state index contributed by atoms with van der Waals surface area (Å²) < 4.78 is 5.05. The summed E-state index contributed by atoms with van der Waals surface area (Å²) in [5.41, 5.74) is 1.28. The Bertz CT molecular complexity index is 406. The van der Waals surface area contributed by atoms with Crippen molar-refractivity contribution in [3.8, 4) is 0 Å². The summed E-state index contributed by atoms with van der Waals surface area (Å²) in [6, 6.07) is 10.7. The number of likely N-dealkylation sites (N-methyl/N-ethyl adjacent to an activating group) is 1. The van der Waals surface area contributed by atoms with Crippen LogP contribution in [0, 0.1) is 0 Å². The Morgan fingerprint density at radius 1 is 1.24 bits per heavy atom. The Balaban J connectivity index is 2.69. The molecule has 5 nitrogen and oxygen atoms in total. The van der Waals surface area contributed by atoms with Crippen molar-refractivity contribution in [3.63, 3.8) is 0 Å². The molecule has 1 atom stereocenters. The molecule has 0 aromatic heterocycles. The van der Waals surface area contributed by atoms with E-state index in [2.05, 4.69) is 65.8 Å². The number of ether oxygens (including phenoxy) is 1. The van der Waals surface area contributed by atoms with Crippen LogP contribution in [0.5, 0.6) is 0 Å². The van der Waals surface area contributed by atoms with Crippen LogP contribution in [0.25, 0.3) is 0 Å². The first kappa shape index (κ1) is 17.5. The van der Waals surface area contributed by atoms with Crippen molar-refractivity contribution in [1.29, 1.82) is 0 Å². The van der Waals surface area contributed by atoms with Gasteiger partial charge < -0.3 is 20.3 Å². The van der Waals surface area contributed by atoms with Crippen LogP contribution in [-0.2, 0) is 4.74 Å². The van der Waals surface area contributed by atoms with E-state index in [1.807, 2.05) is 6.07 Å². The SMILES string of the molecule is CCNC(=NCC(c1ccccc1)N(C)C)NCCOC. The lowest BCUT2D eigenvalue weighted by Gasteiger charge is -2.23. The zero-order valence-electron chi connectivity index (χ0n) is 13.6. The molecule has 5 heteroatoms. The van der Waals surface area contributed by atoms with E-state index in [1.54, 1.807) is 7.11 Å². The first-order chi connectivity index (χ1) is 10.2. The molecule has 0 bridgehead atoms. The monoisotopic (exact) mass is 292 g/mol. The van der Waals surface area contributed by atoms with Crippen LogP contribution < -0.4 is 10.6 Å². The highest BCUT2D eigenvalue weighted by Gasteiger charge is 2.13. The average Bonchev–Trinajstić information content (AvgIpc) is 2.48. The maximum Gasteiger partial charge on any atom is 0.191 e. The number of hydrogen-bond acceptors (Lipinski definition) is 3. The highest BCUT2D eigenvalue weighted by Crippen LogP contribution is 2.17. The first-order valence-corrected chi connectivity index (χ1v) is 7.41. The zero-order chi connectivity index (χ0) is 15.5. The van der Waals surface area contributed by atoms with Gasteiger partial charge in [-0.3, -0.25) is 4.99 Å². The average molecular weight is 292 g/mol. The Hall–Kier alpha value is -1.59. The molecule has 0 saturated heterocycles. The largest absolute Gasteiger partial charge is 0.383 e. The minimum absolute atomic E-state index is 0.268. The van der Waals surface area contributed by atoms with Crippen molar-refractivity contribution in [1.82, 2.24) is 15.5 Å². The van der Waals surface area contributed by atoms with Gasteiger partial charge in [-0.15, -0.1) is 0 Å². The first-order valence-electron chi connectivity index (χ1n) is 7.41. The second kappa shape index (κ2) is 10.2. The van der Waals surface area contributed by atoms with Crippen LogP contribution in [0.1, 0.15) is 18.5 Å². The lowest BCUT2D eigenvalue weighted by Crippen LogP contribution is -2.39. The fourth-order valence-electron chi connectivity index (χ4n) is 2.03. The maximum absolute atomic E-state index is 5.05. The molecule has 0 saturated carbocycles. The molecular weight excluding hydrogens is 264 g/mol. The van der Waals surface area contributed by atoms with Crippen molar-refractivity contribution in [2.45, 2.75) is 13.0 Å². The fourth-order valence-corrected chi connectivity index (χ4v) is 2.03. The zero-order valence-corrected chi connectivity index (χ0v) is 13.6. The van der Waals surface area contributed by atoms with Gasteiger partial charge in [-0.25, -0.2) is 0 Å². The molecule has 0 aliphatic rings. The third kappa shape index (κ3) is 6.60. The van der Waals surface area contributed by atoms with Crippen LogP contribution >= 0.6 is 0 Å². The van der Waals surface area contributed by atoms with Crippen LogP contribution in [-0.4, -0.2) is 58.3 Å². The van der Waals surface area contributed by atoms with Gasteiger partial charge in [0, 0.05) is 20.2 Å². The van der Waals surface area contributed by atoms with Crippen molar-refractivity contribution in [3.05, 3.63) is 35.9 Å². The van der Waals surface area contributed by atoms with E-state index < -0.39 is 0 Å². The molecule has 0 spiro atoms. The normalized spacial score (nSPS) is 13.3. The van der Waals surface area contributed by atoms with Crippen molar-refractivity contribution >= 4 is 5.96 Å². The highest BCUT2D eigenvalue weighted by molar-refractivity contribution is 5.79. The number of guanidine groups is 1. The van der Waals surface area contributed by atoms with Gasteiger partial charge in [-0.1, -0.05) is 30.3 Å². The summed E-state index contributed by atoms with van der Waals surface area (Å²) in [6.45, 7) is 5.03. The fraction of sp³-hybridized carbons (Fsp3) is 0.562. The molecular formula is C16H28N4O. The Morgan fingerprint density at radius 2 is 1.95 bits per heavy atom. The molecule has 0 fully saturated rings. The molecule has 1 unspecified atom stereocenters. The quantitative estimate of drug-likeness (QED) is 0.433. The number of aliphatic imine (C=N–C) groups is 1. The van der Waals surface area contributed by atoms with Crippen molar-refractivity contribution in [2.24, 2.45) is 4.99 Å². The molecule has 0 heterocycles. The summed E-state index contributed by atoms with van der Waals surface area (Å²) >= 11 is 0. The second-order valence-corrected chi connectivity index (χ2v) is 5.03. The topological polar surface area (TPSA) is 48.9 Å². The van der Waals surface area contributed by atoms with Gasteiger partial charge in [0.2, 0.25) is 0 Å². The summed E-state index contributed by atoms with van der Waals surface area (Å²) in [6.07, 6.45) is 0. The lowest BCUT2D eigenvalue weighted by atomic mass is 10.1. The van der Waals surface area contributed by atoms with Crippen molar-refractivity contribution < 1.29 is 4.74 Å². The summed E-state index contributed by atoms with van der Waals surface area (Å²) in [5, 5.41) is 6.51. The van der Waals surface area contributed by atoms with Crippen molar-refractivity contribution in [2.75, 3.05) is 47.4 Å². The van der Waals surface area contributed by atoms with E-state index in [-0.39, 0.29) is 6.04 Å². The molecule has 0 aliphatic heterocycles. The third-order valence-electron chi connectivity index (χ3n) is 3.17. The standard InChI is InChI=1S/C16H28N4O/c1-5-17-16(18-11-12-21-4)19-13-15(20(2)3)14-9-7-6-8-10-14/h6-10,15H,5,11-13H2,1-4H3,(H2,17,18,19). The van der Waals surface area contributed by atoms with E-state index in [0.717, 1.165) is 19.0 Å². The van der Waals surface area contributed by atoms with Crippen LogP contribution in [0.3, 0.4) is 0 Å². The maximum atomic E-state index is 5.05. The molecule has 0 radical (unpaired) electrons. The number of hydrogen-bond donors (Lipinski definition) is 2. The van der Waals surface area contributed by atoms with E-state index >= 15 is 0 Å². The summed E-state index contributed by atoms with van der Waals surface area (Å²) in [4.78, 5) is 6.87. The van der Waals surface area contributed by atoms with Crippen LogP contribution in [0.2, 0.25) is 0 Å². The molecule has 1 aromatic carbocycles. The van der Waals surface area contributed by atoms with E-state index in [0.29, 0.717) is 13.2 Å². The number of nitrogens with zero attached hydrogens (tertiary/aromatic N) is 2. The van der Waals surface area contributed by atoms with Gasteiger partial charge in [0.1, 0.15) is 0 Å². The predicted octanol–water partition coefficient (Wildman–Crippen LogP) is 1.49. The van der Waals surface area contributed by atoms with Gasteiger partial charge in [0.15, 0.2) is 5.96 Å². The smallest absolute Gasteiger partial charge is 0.191 e. The number of methoxy groups -OCH3 is 1. The summed E-state index contributed by atoms with van der Waals surface area (Å²) in [5.74, 6) is 0.831. The third-order valence-corrected chi connectivity index (χ3v) is 3.17. The van der Waals surface area contributed by atoms with Gasteiger partial charge in [0.25, 0.3) is 0 Å². The predicted molar refractivity (Wildman–Crippen MR) is 88.7 cm³/mol. The minimum atomic E-state index is 0.268. The molecule has 2 N–H and O–H groups in total. The highest BCUT2D eigenvalue weighted by atomic mass is 16.5. The molecule has 21 heavy (non-hydrogen) atoms. The minimum Gasteiger partial charge on any atom is -0.383 e. The molecule has 118 valence electrons. The Morgan fingerprint density at radius 3 is 2.52 bits per heavy atom. The van der Waals surface area contributed by atoms with E-state index in [4.69, 9.17) is 4.74 Å². The number of nitrogens with one attached hydrogen (secondary N) is 2. The molecule has 0 aliphatic carbocycles. The van der Waals surface area contributed by atoms with Gasteiger partial charge in [0.05, 0.1) is 19.2 Å². The van der Waals surface area contributed by atoms with Crippen LogP contribution in [0.4, 0.5) is 0 Å².